The molecule has 0 atom stereocenters. The van der Waals surface area contributed by atoms with E-state index in [0.717, 1.165) is 77.3 Å². The highest BCUT2D eigenvalue weighted by Gasteiger charge is 2.13. The molecule has 0 bridgehead atoms. The van der Waals surface area contributed by atoms with Gasteiger partial charge in [0.05, 0.1) is 0 Å². The molecule has 0 aliphatic heterocycles. The molecule has 0 fully saturated rings. The van der Waals surface area contributed by atoms with Crippen molar-refractivity contribution in [1.29, 1.82) is 0 Å². The molecule has 0 aliphatic rings. The number of aryl methyl sites for hydroxylation is 4. The molecule has 8 nitrogen and oxygen atoms in total. The molecule has 2 heterocycles. The van der Waals surface area contributed by atoms with Crippen LogP contribution in [0.15, 0.2) is 61.2 Å². The first-order chi connectivity index (χ1) is 20.9. The minimum atomic E-state index is -3.85. The summed E-state index contributed by atoms with van der Waals surface area (Å²) in [5, 5.41) is 0. The predicted molar refractivity (Wildman–Crippen MR) is 176 cm³/mol. The van der Waals surface area contributed by atoms with Gasteiger partial charge >= 0.3 is 15.2 Å². The second-order valence-electron chi connectivity index (χ2n) is 12.2. The van der Waals surface area contributed by atoms with Crippen molar-refractivity contribution in [2.45, 2.75) is 104 Å². The van der Waals surface area contributed by atoms with Crippen molar-refractivity contribution in [3.05, 3.63) is 72.3 Å². The van der Waals surface area contributed by atoms with Crippen LogP contribution in [0.25, 0.3) is 22.3 Å². The minimum Gasteiger partial charge on any atom is -1.00 e. The Labute approximate surface area is 296 Å². The maximum Gasteiger partial charge on any atom is 0.325 e. The molecule has 0 saturated carbocycles. The molecule has 0 spiro atoms. The van der Waals surface area contributed by atoms with Gasteiger partial charge in [0.25, 0.3) is 0 Å². The van der Waals surface area contributed by atoms with E-state index in [1.54, 1.807) is 0 Å². The number of hydrogen-bond donors (Lipinski definition) is 4. The van der Waals surface area contributed by atoms with Crippen molar-refractivity contribution < 1.29 is 71.8 Å². The second kappa shape index (κ2) is 21.7. The van der Waals surface area contributed by atoms with Gasteiger partial charge < -0.3 is 53.5 Å². The Morgan fingerprint density at radius 2 is 0.783 bits per heavy atom. The summed E-state index contributed by atoms with van der Waals surface area (Å²) >= 11 is 0. The summed E-state index contributed by atoms with van der Waals surface area (Å²) in [6, 6.07) is 13.3. The average Bonchev–Trinajstić information content (AvgIpc) is 2.96. The quantitative estimate of drug-likeness (QED) is 0.0776. The molecule has 0 radical (unpaired) electrons. The van der Waals surface area contributed by atoms with Gasteiger partial charge in [-0.1, -0.05) is 50.7 Å². The third-order valence-corrected chi connectivity index (χ3v) is 10.0. The fourth-order valence-electron chi connectivity index (χ4n) is 5.65. The van der Waals surface area contributed by atoms with Gasteiger partial charge in [-0.05, 0) is 72.9 Å². The van der Waals surface area contributed by atoms with Crippen LogP contribution in [0.1, 0.15) is 88.2 Å². The summed E-state index contributed by atoms with van der Waals surface area (Å²) in [6.45, 7) is 6.29. The Morgan fingerprint density at radius 3 is 1.09 bits per heavy atom. The zero-order valence-electron chi connectivity index (χ0n) is 27.2. The van der Waals surface area contributed by atoms with E-state index in [9.17, 15) is 9.13 Å². The molecule has 0 saturated heterocycles. The van der Waals surface area contributed by atoms with E-state index in [1.807, 2.05) is 0 Å². The second-order valence-corrected chi connectivity index (χ2v) is 15.7. The van der Waals surface area contributed by atoms with Crippen molar-refractivity contribution in [3.63, 3.8) is 0 Å². The van der Waals surface area contributed by atoms with Crippen LogP contribution in [0.5, 0.6) is 0 Å². The smallest absolute Gasteiger partial charge is 0.325 e. The van der Waals surface area contributed by atoms with Crippen LogP contribution in [-0.2, 0) is 22.2 Å². The molecular weight excluding hydrogens is 754 g/mol. The molecule has 258 valence electrons. The van der Waals surface area contributed by atoms with E-state index >= 15 is 0 Å². The van der Waals surface area contributed by atoms with Crippen molar-refractivity contribution in [2.24, 2.45) is 0 Å². The van der Waals surface area contributed by atoms with E-state index in [-0.39, 0.29) is 46.3 Å². The Balaban J connectivity index is 0.00000529. The van der Waals surface area contributed by atoms with Crippen LogP contribution in [0.4, 0.5) is 0 Å². The lowest BCUT2D eigenvalue weighted by Gasteiger charge is -2.12. The SMILES string of the molecule is Cc1cc(-c2cc[n+](CCCCCCCCP(=O)(O)O)cc2)c(C)cc1-c1cc[n+](CCCCCCCCP(=O)(O)O)cc1.[Br-].[Br-]. The van der Waals surface area contributed by atoms with Gasteiger partial charge in [0.1, 0.15) is 13.1 Å². The van der Waals surface area contributed by atoms with Gasteiger partial charge in [-0.25, -0.2) is 9.13 Å². The molecule has 0 unspecified atom stereocenters. The maximum atomic E-state index is 10.9. The van der Waals surface area contributed by atoms with E-state index in [4.69, 9.17) is 19.6 Å². The molecular formula is C34H52Br2N2O6P2. The minimum absolute atomic E-state index is 0. The number of aromatic nitrogens is 2. The van der Waals surface area contributed by atoms with Crippen LogP contribution in [0, 0.1) is 13.8 Å². The highest BCUT2D eigenvalue weighted by atomic mass is 79.9. The molecule has 3 rings (SSSR count). The Kier molecular flexibility index (Phi) is 20.2. The van der Waals surface area contributed by atoms with Crippen molar-refractivity contribution in [2.75, 3.05) is 12.3 Å². The fraction of sp³-hybridized carbons (Fsp3) is 0.529. The monoisotopic (exact) mass is 804 g/mol. The standard InChI is InChI=1S/C34H50N2O6P2.2BrH/c1-29-27-34(32-17-23-36(24-18-32)20-12-8-4-6-10-14-26-44(40,41)42)30(2)28-33(29)31-15-21-35(22-16-31)19-11-7-3-5-9-13-25-43(37,38)39;;/h15-18,21-24,27-28H,3-14,19-20,25-26H2,1-2H3,(H2-2,37,38,39,40,41,42);2*1H. The van der Waals surface area contributed by atoms with Crippen LogP contribution in [0.2, 0.25) is 0 Å². The number of rotatable bonds is 20. The average molecular weight is 807 g/mol. The van der Waals surface area contributed by atoms with Gasteiger partial charge in [-0.2, -0.15) is 0 Å². The summed E-state index contributed by atoms with van der Waals surface area (Å²) in [6.07, 6.45) is 20.2. The first-order valence-corrected chi connectivity index (χ1v) is 19.7. The number of unbranched alkanes of at least 4 members (excludes halogenated alkanes) is 10. The highest BCUT2D eigenvalue weighted by molar-refractivity contribution is 7.52. The van der Waals surface area contributed by atoms with E-state index in [2.05, 4.69) is 84.2 Å². The summed E-state index contributed by atoms with van der Waals surface area (Å²) in [5.74, 6) is 0. The number of benzene rings is 1. The lowest BCUT2D eigenvalue weighted by molar-refractivity contribution is -0.697. The Morgan fingerprint density at radius 1 is 0.500 bits per heavy atom. The van der Waals surface area contributed by atoms with Crippen LogP contribution >= 0.6 is 15.2 Å². The number of hydrogen-bond acceptors (Lipinski definition) is 2. The zero-order valence-corrected chi connectivity index (χ0v) is 32.2. The number of nitrogens with zero attached hydrogens (tertiary/aromatic N) is 2. The highest BCUT2D eigenvalue weighted by Crippen LogP contribution is 2.36. The normalized spacial score (nSPS) is 11.6. The lowest BCUT2D eigenvalue weighted by Crippen LogP contribution is -3.00. The zero-order chi connectivity index (χ0) is 32.0. The molecule has 46 heavy (non-hydrogen) atoms. The summed E-state index contributed by atoms with van der Waals surface area (Å²) in [4.78, 5) is 35.7. The third-order valence-electron chi connectivity index (χ3n) is 8.21. The summed E-state index contributed by atoms with van der Waals surface area (Å²) in [5.41, 5.74) is 7.43. The van der Waals surface area contributed by atoms with Crippen molar-refractivity contribution in [3.8, 4) is 22.3 Å². The maximum absolute atomic E-state index is 10.9. The van der Waals surface area contributed by atoms with Crippen molar-refractivity contribution in [1.82, 2.24) is 0 Å². The lowest BCUT2D eigenvalue weighted by atomic mass is 9.92. The van der Waals surface area contributed by atoms with E-state index in [0.29, 0.717) is 12.8 Å². The van der Waals surface area contributed by atoms with Gasteiger partial charge in [-0.3, -0.25) is 9.13 Å². The van der Waals surface area contributed by atoms with E-state index in [1.165, 1.54) is 33.4 Å². The fourth-order valence-corrected chi connectivity index (χ4v) is 6.92. The predicted octanol–water partition coefficient (Wildman–Crippen LogP) is 1.26. The first kappa shape index (κ1) is 42.8. The topological polar surface area (TPSA) is 123 Å². The molecule has 1 aromatic carbocycles. The third kappa shape index (κ3) is 16.7. The molecule has 2 aromatic heterocycles. The van der Waals surface area contributed by atoms with Gasteiger partial charge in [-0.15, -0.1) is 0 Å². The van der Waals surface area contributed by atoms with Crippen molar-refractivity contribution >= 4 is 15.2 Å². The van der Waals surface area contributed by atoms with Gasteiger partial charge in [0, 0.05) is 49.4 Å². The Bertz CT molecular complexity index is 1290. The first-order valence-electron chi connectivity index (χ1n) is 16.1. The molecule has 3 aromatic rings. The van der Waals surface area contributed by atoms with E-state index < -0.39 is 15.2 Å². The number of halogens is 2. The molecule has 0 aliphatic carbocycles. The Hall–Kier alpha value is -1.22. The molecule has 12 heteroatoms. The summed E-state index contributed by atoms with van der Waals surface area (Å²) < 4.78 is 26.3. The summed E-state index contributed by atoms with van der Waals surface area (Å²) in [7, 11) is -7.69. The van der Waals surface area contributed by atoms with Gasteiger partial charge in [0.2, 0.25) is 0 Å². The molecule has 0 amide bonds. The van der Waals surface area contributed by atoms with Crippen LogP contribution in [0.3, 0.4) is 0 Å². The molecule has 4 N–H and O–H groups in total. The number of pyridine rings is 2. The van der Waals surface area contributed by atoms with Crippen LogP contribution < -0.4 is 43.1 Å². The largest absolute Gasteiger partial charge is 1.00 e. The van der Waals surface area contributed by atoms with Gasteiger partial charge in [0.15, 0.2) is 24.8 Å². The van der Waals surface area contributed by atoms with Crippen LogP contribution in [-0.4, -0.2) is 31.9 Å².